The van der Waals surface area contributed by atoms with E-state index in [1.54, 1.807) is 18.4 Å². The lowest BCUT2D eigenvalue weighted by atomic mass is 10.2. The minimum atomic E-state index is -0.924. The molecular formula is C13H13NO3S. The number of carbonyl (C=O) groups is 1. The van der Waals surface area contributed by atoms with E-state index in [4.69, 9.17) is 9.52 Å². The van der Waals surface area contributed by atoms with Gasteiger partial charge in [-0.2, -0.15) is 0 Å². The van der Waals surface area contributed by atoms with Crippen molar-refractivity contribution in [3.8, 4) is 0 Å². The van der Waals surface area contributed by atoms with Gasteiger partial charge >= 0.3 is 5.97 Å². The maximum atomic E-state index is 11.0. The highest BCUT2D eigenvalue weighted by Crippen LogP contribution is 2.23. The van der Waals surface area contributed by atoms with Crippen LogP contribution in [0, 0.1) is 0 Å². The third-order valence-electron chi connectivity index (χ3n) is 2.41. The molecule has 2 rings (SSSR count). The number of aromatic nitrogens is 1. The molecule has 4 nitrogen and oxygen atoms in total. The fraction of sp³-hybridized carbons (Fsp3) is 0.231. The first-order valence-electron chi connectivity index (χ1n) is 5.58. The highest BCUT2D eigenvalue weighted by atomic mass is 32.2. The summed E-state index contributed by atoms with van der Waals surface area (Å²) in [5, 5.41) is 9.74. The number of pyridine rings is 1. The Kier molecular flexibility index (Phi) is 4.04. The van der Waals surface area contributed by atoms with Crippen molar-refractivity contribution >= 4 is 17.7 Å². The van der Waals surface area contributed by atoms with Gasteiger partial charge in [0.15, 0.2) is 0 Å². The number of carboxylic acid groups (broad SMARTS) is 1. The summed E-state index contributed by atoms with van der Waals surface area (Å²) >= 11 is 1.47. The summed E-state index contributed by atoms with van der Waals surface area (Å²) in [6, 6.07) is 6.91. The van der Waals surface area contributed by atoms with E-state index in [0.717, 1.165) is 17.9 Å². The molecule has 0 saturated heterocycles. The summed E-state index contributed by atoms with van der Waals surface area (Å²) in [6.45, 7) is 1.95. The minimum absolute atomic E-state index is 0.281. The van der Waals surface area contributed by atoms with Crippen molar-refractivity contribution < 1.29 is 14.3 Å². The molecule has 0 aliphatic rings. The van der Waals surface area contributed by atoms with Crippen LogP contribution in [0.15, 0.2) is 40.0 Å². The van der Waals surface area contributed by atoms with E-state index >= 15 is 0 Å². The lowest BCUT2D eigenvalue weighted by molar-refractivity contribution is 0.0696. The number of aromatic carboxylic acids is 1. The summed E-state index contributed by atoms with van der Waals surface area (Å²) in [4.78, 5) is 15.4. The molecular weight excluding hydrogens is 250 g/mol. The molecule has 94 valence electrons. The Balaban J connectivity index is 2.16. The molecule has 0 spiro atoms. The van der Waals surface area contributed by atoms with E-state index in [0.29, 0.717) is 10.8 Å². The van der Waals surface area contributed by atoms with Crippen LogP contribution in [0.5, 0.6) is 0 Å². The standard InChI is InChI=1S/C13H13NO3S/c1-2-10-6-9(13(15)16)7-12(14-10)18-8-11-4-3-5-17-11/h3-7H,2,8H2,1H3,(H,15,16). The second-order valence-electron chi connectivity index (χ2n) is 3.71. The molecule has 0 aliphatic heterocycles. The first-order chi connectivity index (χ1) is 8.69. The summed E-state index contributed by atoms with van der Waals surface area (Å²) in [6.07, 6.45) is 2.34. The molecule has 0 fully saturated rings. The lowest BCUT2D eigenvalue weighted by Crippen LogP contribution is -2.00. The van der Waals surface area contributed by atoms with Crippen LogP contribution < -0.4 is 0 Å². The Hall–Kier alpha value is -1.75. The Morgan fingerprint density at radius 2 is 2.33 bits per heavy atom. The van der Waals surface area contributed by atoms with Crippen molar-refractivity contribution in [1.29, 1.82) is 0 Å². The fourth-order valence-corrected chi connectivity index (χ4v) is 2.33. The van der Waals surface area contributed by atoms with Crippen LogP contribution in [0.4, 0.5) is 0 Å². The number of hydrogen-bond acceptors (Lipinski definition) is 4. The van der Waals surface area contributed by atoms with E-state index in [1.807, 2.05) is 19.1 Å². The van der Waals surface area contributed by atoms with Crippen molar-refractivity contribution in [3.05, 3.63) is 47.5 Å². The van der Waals surface area contributed by atoms with Crippen molar-refractivity contribution in [3.63, 3.8) is 0 Å². The molecule has 2 heterocycles. The van der Waals surface area contributed by atoms with Gasteiger partial charge < -0.3 is 9.52 Å². The molecule has 2 aromatic rings. The molecule has 18 heavy (non-hydrogen) atoms. The number of hydrogen-bond donors (Lipinski definition) is 1. The monoisotopic (exact) mass is 263 g/mol. The summed E-state index contributed by atoms with van der Waals surface area (Å²) in [5.41, 5.74) is 1.07. The van der Waals surface area contributed by atoms with Gasteiger partial charge in [0.2, 0.25) is 0 Å². The van der Waals surface area contributed by atoms with E-state index in [9.17, 15) is 4.79 Å². The fourth-order valence-electron chi connectivity index (χ4n) is 1.48. The quantitative estimate of drug-likeness (QED) is 0.839. The number of nitrogens with zero attached hydrogens (tertiary/aromatic N) is 1. The zero-order valence-electron chi connectivity index (χ0n) is 9.92. The molecule has 0 bridgehead atoms. The first-order valence-corrected chi connectivity index (χ1v) is 6.57. The number of carboxylic acids is 1. The molecule has 0 unspecified atom stereocenters. The maximum Gasteiger partial charge on any atom is 0.335 e. The lowest BCUT2D eigenvalue weighted by Gasteiger charge is -2.04. The molecule has 0 saturated carbocycles. The van der Waals surface area contributed by atoms with Crippen LogP contribution in [-0.2, 0) is 12.2 Å². The molecule has 5 heteroatoms. The van der Waals surface area contributed by atoms with Crippen molar-refractivity contribution in [2.75, 3.05) is 0 Å². The number of aryl methyl sites for hydroxylation is 1. The Morgan fingerprint density at radius 1 is 1.50 bits per heavy atom. The molecule has 0 atom stereocenters. The maximum absolute atomic E-state index is 11.0. The zero-order valence-corrected chi connectivity index (χ0v) is 10.7. The molecule has 0 aromatic carbocycles. The van der Waals surface area contributed by atoms with E-state index in [-0.39, 0.29) is 5.56 Å². The minimum Gasteiger partial charge on any atom is -0.478 e. The Bertz CT molecular complexity index is 537. The van der Waals surface area contributed by atoms with Crippen molar-refractivity contribution in [2.24, 2.45) is 0 Å². The van der Waals surface area contributed by atoms with Gasteiger partial charge in [-0.15, -0.1) is 0 Å². The third kappa shape index (κ3) is 3.13. The molecule has 0 aliphatic carbocycles. The highest BCUT2D eigenvalue weighted by molar-refractivity contribution is 7.98. The van der Waals surface area contributed by atoms with Crippen LogP contribution in [0.2, 0.25) is 0 Å². The van der Waals surface area contributed by atoms with Crippen LogP contribution in [-0.4, -0.2) is 16.1 Å². The Labute approximate surface area is 109 Å². The van der Waals surface area contributed by atoms with Gasteiger partial charge in [0.1, 0.15) is 5.76 Å². The van der Waals surface area contributed by atoms with E-state index in [2.05, 4.69) is 4.98 Å². The predicted octanol–water partition coefficient (Wildman–Crippen LogP) is 3.23. The Morgan fingerprint density at radius 3 is 2.94 bits per heavy atom. The topological polar surface area (TPSA) is 63.3 Å². The van der Waals surface area contributed by atoms with Gasteiger partial charge in [0.25, 0.3) is 0 Å². The van der Waals surface area contributed by atoms with Crippen LogP contribution in [0.25, 0.3) is 0 Å². The number of thioether (sulfide) groups is 1. The summed E-state index contributed by atoms with van der Waals surface area (Å²) in [5.74, 6) is 0.569. The molecule has 0 radical (unpaired) electrons. The van der Waals surface area contributed by atoms with Crippen LogP contribution in [0.1, 0.15) is 28.7 Å². The zero-order chi connectivity index (χ0) is 13.0. The van der Waals surface area contributed by atoms with Crippen molar-refractivity contribution in [1.82, 2.24) is 4.98 Å². The molecule has 2 aromatic heterocycles. The second kappa shape index (κ2) is 5.73. The molecule has 1 N–H and O–H groups in total. The van der Waals surface area contributed by atoms with E-state index in [1.165, 1.54) is 11.8 Å². The largest absolute Gasteiger partial charge is 0.478 e. The smallest absolute Gasteiger partial charge is 0.335 e. The number of rotatable bonds is 5. The van der Waals surface area contributed by atoms with Crippen molar-refractivity contribution in [2.45, 2.75) is 24.1 Å². The van der Waals surface area contributed by atoms with Gasteiger partial charge in [-0.05, 0) is 30.7 Å². The van der Waals surface area contributed by atoms with E-state index < -0.39 is 5.97 Å². The predicted molar refractivity (Wildman–Crippen MR) is 68.8 cm³/mol. The highest BCUT2D eigenvalue weighted by Gasteiger charge is 2.08. The normalized spacial score (nSPS) is 10.5. The number of furan rings is 1. The molecule has 0 amide bonds. The summed E-state index contributed by atoms with van der Waals surface area (Å²) in [7, 11) is 0. The van der Waals surface area contributed by atoms with Gasteiger partial charge in [-0.25, -0.2) is 9.78 Å². The third-order valence-corrected chi connectivity index (χ3v) is 3.34. The van der Waals surface area contributed by atoms with Crippen LogP contribution in [0.3, 0.4) is 0 Å². The average Bonchev–Trinajstić information content (AvgIpc) is 2.89. The van der Waals surface area contributed by atoms with Crippen LogP contribution >= 0.6 is 11.8 Å². The van der Waals surface area contributed by atoms with Gasteiger partial charge in [-0.3, -0.25) is 0 Å². The first kappa shape index (κ1) is 12.7. The van der Waals surface area contributed by atoms with Gasteiger partial charge in [0.05, 0.1) is 22.6 Å². The average molecular weight is 263 g/mol. The second-order valence-corrected chi connectivity index (χ2v) is 4.71. The van der Waals surface area contributed by atoms with Gasteiger partial charge in [0, 0.05) is 5.69 Å². The SMILES string of the molecule is CCc1cc(C(=O)O)cc(SCc2ccco2)n1. The van der Waals surface area contributed by atoms with Gasteiger partial charge in [-0.1, -0.05) is 18.7 Å². The summed E-state index contributed by atoms with van der Waals surface area (Å²) < 4.78 is 5.22.